The van der Waals surface area contributed by atoms with Crippen LogP contribution in [0.15, 0.2) is 30.5 Å². The summed E-state index contributed by atoms with van der Waals surface area (Å²) >= 11 is 11.6. The number of ether oxygens (including phenoxy) is 1. The van der Waals surface area contributed by atoms with E-state index >= 15 is 0 Å². The molecule has 0 aliphatic rings. The summed E-state index contributed by atoms with van der Waals surface area (Å²) in [5.41, 5.74) is 0.0900. The molecule has 1 amide bonds. The van der Waals surface area contributed by atoms with Crippen molar-refractivity contribution < 1.29 is 13.9 Å². The average molecular weight is 315 g/mol. The van der Waals surface area contributed by atoms with Crippen LogP contribution in [-0.4, -0.2) is 18.0 Å². The van der Waals surface area contributed by atoms with Gasteiger partial charge in [0.05, 0.1) is 23.4 Å². The first-order chi connectivity index (χ1) is 9.51. The van der Waals surface area contributed by atoms with Crippen molar-refractivity contribution in [2.75, 3.05) is 12.4 Å². The summed E-state index contributed by atoms with van der Waals surface area (Å²) in [6.45, 7) is 0. The summed E-state index contributed by atoms with van der Waals surface area (Å²) in [6.07, 6.45) is 1.25. The normalized spacial score (nSPS) is 10.2. The lowest BCUT2D eigenvalue weighted by molar-refractivity contribution is 0.102. The maximum absolute atomic E-state index is 13.6. The van der Waals surface area contributed by atoms with Crippen LogP contribution in [0.5, 0.6) is 5.75 Å². The lowest BCUT2D eigenvalue weighted by atomic mass is 10.2. The number of hydrogen-bond acceptors (Lipinski definition) is 3. The van der Waals surface area contributed by atoms with Crippen LogP contribution in [0.1, 0.15) is 10.4 Å². The van der Waals surface area contributed by atoms with Crippen molar-refractivity contribution in [3.8, 4) is 5.75 Å². The molecule has 1 aromatic carbocycles. The van der Waals surface area contributed by atoms with Crippen LogP contribution in [0.25, 0.3) is 0 Å². The zero-order chi connectivity index (χ0) is 14.7. The maximum Gasteiger partial charge on any atom is 0.257 e. The van der Waals surface area contributed by atoms with Gasteiger partial charge in [0, 0.05) is 12.3 Å². The first kappa shape index (κ1) is 14.6. The highest BCUT2D eigenvalue weighted by molar-refractivity contribution is 6.35. The summed E-state index contributed by atoms with van der Waals surface area (Å²) in [4.78, 5) is 15.8. The molecule has 0 fully saturated rings. The molecule has 0 atom stereocenters. The molecule has 104 valence electrons. The lowest BCUT2D eigenvalue weighted by Crippen LogP contribution is -2.14. The van der Waals surface area contributed by atoms with Gasteiger partial charge in [0.25, 0.3) is 5.91 Å². The molecule has 0 saturated heterocycles. The number of aromatic nitrogens is 1. The molecule has 1 N–H and O–H groups in total. The number of halogens is 3. The van der Waals surface area contributed by atoms with Gasteiger partial charge in [-0.1, -0.05) is 23.2 Å². The van der Waals surface area contributed by atoms with E-state index in [9.17, 15) is 9.18 Å². The number of carbonyl (C=O) groups excluding carboxylic acids is 1. The number of hydrogen-bond donors (Lipinski definition) is 1. The number of pyridine rings is 1. The molecule has 0 spiro atoms. The third-order valence-electron chi connectivity index (χ3n) is 2.49. The summed E-state index contributed by atoms with van der Waals surface area (Å²) < 4.78 is 18.6. The maximum atomic E-state index is 13.6. The van der Waals surface area contributed by atoms with E-state index in [4.69, 9.17) is 27.9 Å². The van der Waals surface area contributed by atoms with Gasteiger partial charge in [-0.2, -0.15) is 0 Å². The number of methoxy groups -OCH3 is 1. The topological polar surface area (TPSA) is 51.2 Å². The predicted molar refractivity (Wildman–Crippen MR) is 75.2 cm³/mol. The molecule has 2 rings (SSSR count). The number of anilines is 1. The van der Waals surface area contributed by atoms with E-state index < -0.39 is 11.7 Å². The zero-order valence-corrected chi connectivity index (χ0v) is 11.8. The van der Waals surface area contributed by atoms with Gasteiger partial charge >= 0.3 is 0 Å². The standard InChI is InChI=1S/C13H9Cl2FN2O2/c1-20-7-2-3-10(16)11(4-7)18-13(19)8-5-12(15)17-6-9(8)14/h2-6H,1H3,(H,18,19). The molecule has 0 aliphatic heterocycles. The minimum Gasteiger partial charge on any atom is -0.497 e. The number of carbonyl (C=O) groups is 1. The van der Waals surface area contributed by atoms with E-state index in [-0.39, 0.29) is 21.4 Å². The van der Waals surface area contributed by atoms with Crippen LogP contribution in [0.3, 0.4) is 0 Å². The van der Waals surface area contributed by atoms with Crippen molar-refractivity contribution in [1.29, 1.82) is 0 Å². The molecule has 0 bridgehead atoms. The molecule has 0 radical (unpaired) electrons. The second kappa shape index (κ2) is 6.07. The Balaban J connectivity index is 2.30. The van der Waals surface area contributed by atoms with E-state index in [1.165, 1.54) is 37.6 Å². The van der Waals surface area contributed by atoms with E-state index in [1.54, 1.807) is 0 Å². The van der Waals surface area contributed by atoms with Crippen LogP contribution in [0, 0.1) is 5.82 Å². The summed E-state index contributed by atoms with van der Waals surface area (Å²) in [7, 11) is 1.44. The third-order valence-corrected chi connectivity index (χ3v) is 3.00. The number of benzene rings is 1. The van der Waals surface area contributed by atoms with E-state index in [0.717, 1.165) is 0 Å². The Bertz CT molecular complexity index is 665. The Morgan fingerprint density at radius 3 is 2.80 bits per heavy atom. The molecular formula is C13H9Cl2FN2O2. The quantitative estimate of drug-likeness (QED) is 0.877. The third kappa shape index (κ3) is 3.18. The SMILES string of the molecule is COc1ccc(F)c(NC(=O)c2cc(Cl)ncc2Cl)c1. The zero-order valence-electron chi connectivity index (χ0n) is 10.3. The van der Waals surface area contributed by atoms with Gasteiger partial charge in [0.1, 0.15) is 16.7 Å². The Labute approximate surface area is 124 Å². The molecule has 2 aromatic rings. The Morgan fingerprint density at radius 1 is 1.35 bits per heavy atom. The number of nitrogens with zero attached hydrogens (tertiary/aromatic N) is 1. The Morgan fingerprint density at radius 2 is 2.10 bits per heavy atom. The number of rotatable bonds is 3. The van der Waals surface area contributed by atoms with Crippen molar-refractivity contribution in [2.45, 2.75) is 0 Å². The second-order valence-electron chi connectivity index (χ2n) is 3.79. The second-order valence-corrected chi connectivity index (χ2v) is 4.58. The number of amides is 1. The van der Waals surface area contributed by atoms with Gasteiger partial charge in [-0.05, 0) is 18.2 Å². The first-order valence-corrected chi connectivity index (χ1v) is 6.23. The molecule has 7 heteroatoms. The molecule has 0 saturated carbocycles. The van der Waals surface area contributed by atoms with Gasteiger partial charge in [-0.3, -0.25) is 4.79 Å². The van der Waals surface area contributed by atoms with Crippen molar-refractivity contribution in [2.24, 2.45) is 0 Å². The van der Waals surface area contributed by atoms with Gasteiger partial charge < -0.3 is 10.1 Å². The van der Waals surface area contributed by atoms with Crippen LogP contribution in [0.2, 0.25) is 10.2 Å². The van der Waals surface area contributed by atoms with Crippen LogP contribution in [-0.2, 0) is 0 Å². The van der Waals surface area contributed by atoms with Crippen LogP contribution < -0.4 is 10.1 Å². The average Bonchev–Trinajstić information content (AvgIpc) is 2.43. The molecule has 1 aromatic heterocycles. The van der Waals surface area contributed by atoms with Crippen molar-refractivity contribution in [3.05, 3.63) is 52.0 Å². The van der Waals surface area contributed by atoms with E-state index in [2.05, 4.69) is 10.3 Å². The fraction of sp³-hybridized carbons (Fsp3) is 0.0769. The largest absolute Gasteiger partial charge is 0.497 e. The highest BCUT2D eigenvalue weighted by Gasteiger charge is 2.14. The van der Waals surface area contributed by atoms with Crippen molar-refractivity contribution >= 4 is 34.8 Å². The minimum atomic E-state index is -0.591. The minimum absolute atomic E-state index is 0.0154. The van der Waals surface area contributed by atoms with Crippen LogP contribution >= 0.6 is 23.2 Å². The van der Waals surface area contributed by atoms with Gasteiger partial charge in [-0.25, -0.2) is 9.37 Å². The van der Waals surface area contributed by atoms with Crippen molar-refractivity contribution in [1.82, 2.24) is 4.98 Å². The monoisotopic (exact) mass is 314 g/mol. The number of nitrogens with one attached hydrogen (secondary N) is 1. The van der Waals surface area contributed by atoms with Gasteiger partial charge in [-0.15, -0.1) is 0 Å². The Kier molecular flexibility index (Phi) is 4.42. The molecule has 4 nitrogen and oxygen atoms in total. The first-order valence-electron chi connectivity index (χ1n) is 5.47. The molecule has 0 unspecified atom stereocenters. The van der Waals surface area contributed by atoms with Gasteiger partial charge in [0.15, 0.2) is 0 Å². The highest BCUT2D eigenvalue weighted by atomic mass is 35.5. The highest BCUT2D eigenvalue weighted by Crippen LogP contribution is 2.24. The van der Waals surface area contributed by atoms with E-state index in [1.807, 2.05) is 0 Å². The molecular weight excluding hydrogens is 306 g/mol. The smallest absolute Gasteiger partial charge is 0.257 e. The van der Waals surface area contributed by atoms with Crippen molar-refractivity contribution in [3.63, 3.8) is 0 Å². The summed E-state index contributed by atoms with van der Waals surface area (Å²) in [5.74, 6) is -0.762. The Hall–Kier alpha value is -1.85. The molecule has 20 heavy (non-hydrogen) atoms. The molecule has 1 heterocycles. The predicted octanol–water partition coefficient (Wildman–Crippen LogP) is 3.79. The fourth-order valence-electron chi connectivity index (χ4n) is 1.50. The summed E-state index contributed by atoms with van der Waals surface area (Å²) in [6, 6.07) is 5.30. The van der Waals surface area contributed by atoms with Gasteiger partial charge in [0.2, 0.25) is 0 Å². The lowest BCUT2D eigenvalue weighted by Gasteiger charge is -2.09. The fourth-order valence-corrected chi connectivity index (χ4v) is 1.85. The summed E-state index contributed by atoms with van der Waals surface area (Å²) in [5, 5.41) is 2.64. The van der Waals surface area contributed by atoms with E-state index in [0.29, 0.717) is 5.75 Å². The van der Waals surface area contributed by atoms with Crippen LogP contribution in [0.4, 0.5) is 10.1 Å². The molecule has 0 aliphatic carbocycles.